The molecule has 270 valence electrons. The van der Waals surface area contributed by atoms with Gasteiger partial charge in [0.2, 0.25) is 0 Å². The monoisotopic (exact) mass is 755 g/mol. The lowest BCUT2D eigenvalue weighted by atomic mass is 9.65. The van der Waals surface area contributed by atoms with Crippen molar-refractivity contribution >= 4 is 43.7 Å². The van der Waals surface area contributed by atoms with Gasteiger partial charge in [-0.15, -0.1) is 11.3 Å². The number of aromatic nitrogens is 3. The average molecular weight is 756 g/mol. The molecule has 1 spiro atoms. The van der Waals surface area contributed by atoms with Crippen molar-refractivity contribution in [2.24, 2.45) is 0 Å². The van der Waals surface area contributed by atoms with Crippen molar-refractivity contribution in [1.29, 1.82) is 0 Å². The summed E-state index contributed by atoms with van der Waals surface area (Å²) in [5.41, 5.74) is 14.6. The molecule has 0 amide bonds. The lowest BCUT2D eigenvalue weighted by Gasteiger charge is -2.35. The maximum absolute atomic E-state index is 5.25. The Morgan fingerprint density at radius 2 is 0.914 bits per heavy atom. The van der Waals surface area contributed by atoms with E-state index in [1.165, 1.54) is 70.2 Å². The summed E-state index contributed by atoms with van der Waals surface area (Å²) in [6, 6.07) is 67.6. The lowest BCUT2D eigenvalue weighted by Crippen LogP contribution is -2.30. The number of hydrogen-bond acceptors (Lipinski definition) is 4. The highest BCUT2D eigenvalue weighted by Gasteiger charge is 2.49. The topological polar surface area (TPSA) is 38.7 Å². The predicted molar refractivity (Wildman–Crippen MR) is 241 cm³/mol. The molecule has 3 nitrogen and oxygen atoms in total. The number of rotatable bonds is 4. The molecule has 2 aliphatic carbocycles. The van der Waals surface area contributed by atoms with Crippen LogP contribution >= 0.6 is 11.3 Å². The Morgan fingerprint density at radius 3 is 1.69 bits per heavy atom. The highest BCUT2D eigenvalue weighted by molar-refractivity contribution is 7.26. The van der Waals surface area contributed by atoms with Gasteiger partial charge in [0.15, 0.2) is 17.5 Å². The molecule has 4 heteroatoms. The summed E-state index contributed by atoms with van der Waals surface area (Å²) in [7, 11) is 0. The Bertz CT molecular complexity index is 3270. The summed E-state index contributed by atoms with van der Waals surface area (Å²) >= 11 is 1.88. The second-order valence-electron chi connectivity index (χ2n) is 15.1. The molecule has 8 aromatic carbocycles. The maximum Gasteiger partial charge on any atom is 0.164 e. The smallest absolute Gasteiger partial charge is 0.164 e. The van der Waals surface area contributed by atoms with Crippen molar-refractivity contribution in [3.63, 3.8) is 0 Å². The number of fused-ring (bicyclic) bond motifs is 13. The van der Waals surface area contributed by atoms with E-state index in [1.807, 2.05) is 35.6 Å². The highest BCUT2D eigenvalue weighted by atomic mass is 32.1. The summed E-state index contributed by atoms with van der Waals surface area (Å²) in [6.45, 7) is 0. The first-order chi connectivity index (χ1) is 28.7. The van der Waals surface area contributed by atoms with Crippen LogP contribution in [0.15, 0.2) is 188 Å². The molecule has 0 fully saturated rings. The van der Waals surface area contributed by atoms with Gasteiger partial charge < -0.3 is 0 Å². The van der Waals surface area contributed by atoms with Crippen molar-refractivity contribution in [3.8, 4) is 56.4 Å². The molecule has 10 aromatic rings. The maximum atomic E-state index is 5.25. The SMILES string of the molecule is C1=Cc2ccc(-c3nc(-c4ccccc4)nc(-c4ccc(-c5ccccc5)cc4)n3)cc2C2(c3ccccc31)c1ccccc1-c1c2ccc2sc3ccccc3c12. The average Bonchev–Trinajstić information content (AvgIpc) is 3.77. The Balaban J connectivity index is 1.12. The molecule has 0 saturated heterocycles. The fraction of sp³-hybridized carbons (Fsp3) is 0.0185. The Kier molecular flexibility index (Phi) is 7.31. The zero-order chi connectivity index (χ0) is 38.2. The third-order valence-electron chi connectivity index (χ3n) is 12.0. The molecule has 0 aliphatic heterocycles. The summed E-state index contributed by atoms with van der Waals surface area (Å²) < 4.78 is 2.62. The molecule has 0 saturated carbocycles. The van der Waals surface area contributed by atoms with E-state index in [9.17, 15) is 0 Å². The van der Waals surface area contributed by atoms with Gasteiger partial charge in [0, 0.05) is 36.9 Å². The van der Waals surface area contributed by atoms with Crippen molar-refractivity contribution < 1.29 is 0 Å². The van der Waals surface area contributed by atoms with E-state index >= 15 is 0 Å². The number of hydrogen-bond donors (Lipinski definition) is 0. The van der Waals surface area contributed by atoms with E-state index in [0.717, 1.165) is 22.3 Å². The van der Waals surface area contributed by atoms with Crippen LogP contribution in [-0.2, 0) is 5.41 Å². The Hall–Kier alpha value is -7.27. The molecule has 1 atom stereocenters. The first-order valence-corrected chi connectivity index (χ1v) is 20.5. The van der Waals surface area contributed by atoms with Crippen LogP contribution in [0.2, 0.25) is 0 Å². The first kappa shape index (κ1) is 32.9. The normalized spacial score (nSPS) is 14.9. The third kappa shape index (κ3) is 4.89. The minimum absolute atomic E-state index is 0.597. The summed E-state index contributed by atoms with van der Waals surface area (Å²) in [5, 5.41) is 2.64. The molecule has 0 N–H and O–H groups in total. The lowest BCUT2D eigenvalue weighted by molar-refractivity contribution is 0.767. The fourth-order valence-electron chi connectivity index (χ4n) is 9.43. The van der Waals surface area contributed by atoms with E-state index in [4.69, 9.17) is 15.0 Å². The van der Waals surface area contributed by atoms with Crippen LogP contribution in [0.4, 0.5) is 0 Å². The van der Waals surface area contributed by atoms with E-state index in [0.29, 0.717) is 17.5 Å². The van der Waals surface area contributed by atoms with Gasteiger partial charge in [0.25, 0.3) is 0 Å². The molecule has 2 aliphatic rings. The minimum Gasteiger partial charge on any atom is -0.208 e. The quantitative estimate of drug-likeness (QED) is 0.180. The van der Waals surface area contributed by atoms with Crippen molar-refractivity contribution in [2.75, 3.05) is 0 Å². The van der Waals surface area contributed by atoms with Gasteiger partial charge in [-0.05, 0) is 73.8 Å². The van der Waals surface area contributed by atoms with Crippen molar-refractivity contribution in [3.05, 3.63) is 221 Å². The fourth-order valence-corrected chi connectivity index (χ4v) is 10.5. The van der Waals surface area contributed by atoms with Gasteiger partial charge in [-0.3, -0.25) is 0 Å². The molecule has 12 rings (SSSR count). The van der Waals surface area contributed by atoms with Gasteiger partial charge in [-0.25, -0.2) is 15.0 Å². The van der Waals surface area contributed by atoms with Crippen molar-refractivity contribution in [2.45, 2.75) is 5.41 Å². The zero-order valence-electron chi connectivity index (χ0n) is 31.3. The molecular formula is C54H33N3S. The molecule has 2 aromatic heterocycles. The predicted octanol–water partition coefficient (Wildman–Crippen LogP) is 13.8. The molecule has 58 heavy (non-hydrogen) atoms. The molecule has 0 bridgehead atoms. The first-order valence-electron chi connectivity index (χ1n) is 19.7. The van der Waals surface area contributed by atoms with Gasteiger partial charge in [0.05, 0.1) is 5.41 Å². The molecule has 1 unspecified atom stereocenters. The van der Waals surface area contributed by atoms with E-state index in [-0.39, 0.29) is 0 Å². The van der Waals surface area contributed by atoms with Crippen LogP contribution in [0.5, 0.6) is 0 Å². The van der Waals surface area contributed by atoms with Crippen molar-refractivity contribution in [1.82, 2.24) is 15.0 Å². The molecular weight excluding hydrogens is 723 g/mol. The molecule has 2 heterocycles. The largest absolute Gasteiger partial charge is 0.208 e. The number of thiophene rings is 1. The number of nitrogens with zero attached hydrogens (tertiary/aromatic N) is 3. The minimum atomic E-state index is -0.597. The van der Waals surface area contributed by atoms with Crippen LogP contribution in [0.25, 0.3) is 88.7 Å². The molecule has 0 radical (unpaired) electrons. The Morgan fingerprint density at radius 1 is 0.362 bits per heavy atom. The van der Waals surface area contributed by atoms with Crippen LogP contribution in [0, 0.1) is 0 Å². The van der Waals surface area contributed by atoms with Gasteiger partial charge in [-0.1, -0.05) is 182 Å². The summed E-state index contributed by atoms with van der Waals surface area (Å²) in [6.07, 6.45) is 4.57. The summed E-state index contributed by atoms with van der Waals surface area (Å²) in [4.78, 5) is 15.5. The number of benzene rings is 8. The van der Waals surface area contributed by atoms with Gasteiger partial charge >= 0.3 is 0 Å². The van der Waals surface area contributed by atoms with Crippen LogP contribution in [0.3, 0.4) is 0 Å². The zero-order valence-corrected chi connectivity index (χ0v) is 32.1. The standard InChI is InChI=1S/C54H33N3S/c1-3-13-34(14-4-1)35-23-28-39(29-24-35)52-55-51(38-16-5-2-6-17-38)56-53(57-52)40-30-27-37-26-25-36-15-7-10-20-43(36)54(46(37)33-40)44-21-11-8-18-41(44)49-45(54)31-32-48-50(49)42-19-9-12-22-47(42)58-48/h1-33H. The summed E-state index contributed by atoms with van der Waals surface area (Å²) in [5.74, 6) is 1.92. The second-order valence-corrected chi connectivity index (χ2v) is 16.2. The second kappa shape index (κ2) is 12.9. The Labute approximate surface area is 340 Å². The van der Waals surface area contributed by atoms with E-state index in [1.54, 1.807) is 0 Å². The van der Waals surface area contributed by atoms with Crippen LogP contribution in [-0.4, -0.2) is 15.0 Å². The van der Waals surface area contributed by atoms with E-state index < -0.39 is 5.41 Å². The van der Waals surface area contributed by atoms with E-state index in [2.05, 4.69) is 176 Å². The van der Waals surface area contributed by atoms with Crippen LogP contribution < -0.4 is 0 Å². The third-order valence-corrected chi connectivity index (χ3v) is 13.1. The van der Waals surface area contributed by atoms with Crippen LogP contribution in [0.1, 0.15) is 33.4 Å². The highest BCUT2D eigenvalue weighted by Crippen LogP contribution is 2.61. The van der Waals surface area contributed by atoms with Gasteiger partial charge in [0.1, 0.15) is 0 Å². The van der Waals surface area contributed by atoms with Gasteiger partial charge in [-0.2, -0.15) is 0 Å².